The summed E-state index contributed by atoms with van der Waals surface area (Å²) in [5, 5.41) is 5.21. The van der Waals surface area contributed by atoms with Crippen LogP contribution in [0, 0.1) is 11.6 Å². The number of hydrogen-bond donors (Lipinski definition) is 2. The van der Waals surface area contributed by atoms with Gasteiger partial charge in [0.2, 0.25) is 0 Å². The second kappa shape index (κ2) is 8.12. The predicted octanol–water partition coefficient (Wildman–Crippen LogP) is 3.73. The molecule has 2 aromatic rings. The number of carbonyl (C=O) groups is 1. The summed E-state index contributed by atoms with van der Waals surface area (Å²) >= 11 is 0. The monoisotopic (exact) mass is 320 g/mol. The lowest BCUT2D eigenvalue weighted by molar-refractivity contribution is 0.252. The van der Waals surface area contributed by atoms with Gasteiger partial charge in [-0.15, -0.1) is 0 Å². The molecule has 4 nitrogen and oxygen atoms in total. The molecule has 0 radical (unpaired) electrons. The fourth-order valence-corrected chi connectivity index (χ4v) is 2.05. The van der Waals surface area contributed by atoms with E-state index in [1.165, 1.54) is 24.3 Å². The van der Waals surface area contributed by atoms with E-state index in [1.54, 1.807) is 25.1 Å². The lowest BCUT2D eigenvalue weighted by Gasteiger charge is -2.12. The van der Waals surface area contributed by atoms with Gasteiger partial charge in [-0.25, -0.2) is 13.6 Å². The second-order valence-electron chi connectivity index (χ2n) is 4.80. The van der Waals surface area contributed by atoms with Crippen LogP contribution in [0.1, 0.15) is 12.5 Å². The zero-order valence-corrected chi connectivity index (χ0v) is 12.7. The second-order valence-corrected chi connectivity index (χ2v) is 4.80. The molecule has 0 atom stereocenters. The third-order valence-electron chi connectivity index (χ3n) is 3.13. The van der Waals surface area contributed by atoms with Crippen molar-refractivity contribution >= 4 is 11.7 Å². The van der Waals surface area contributed by atoms with Crippen LogP contribution in [0.15, 0.2) is 42.5 Å². The van der Waals surface area contributed by atoms with Gasteiger partial charge >= 0.3 is 6.03 Å². The van der Waals surface area contributed by atoms with Crippen molar-refractivity contribution < 1.29 is 18.3 Å². The Bertz CT molecular complexity index is 677. The number of nitrogens with one attached hydrogen (secondary N) is 2. The molecule has 6 heteroatoms. The van der Waals surface area contributed by atoms with E-state index in [9.17, 15) is 13.6 Å². The average molecular weight is 320 g/mol. The molecular formula is C17H18F2N2O2. The molecule has 0 fully saturated rings. The molecule has 2 aromatic carbocycles. The molecular weight excluding hydrogens is 302 g/mol. The maximum Gasteiger partial charge on any atom is 0.319 e. The van der Waals surface area contributed by atoms with E-state index in [4.69, 9.17) is 4.74 Å². The van der Waals surface area contributed by atoms with Crippen molar-refractivity contribution in [3.05, 3.63) is 59.7 Å². The first-order valence-electron chi connectivity index (χ1n) is 7.30. The van der Waals surface area contributed by atoms with Gasteiger partial charge in [-0.1, -0.05) is 18.2 Å². The first-order valence-corrected chi connectivity index (χ1v) is 7.30. The molecule has 2 amide bonds. The number of halogens is 2. The fourth-order valence-electron chi connectivity index (χ4n) is 2.05. The minimum absolute atomic E-state index is 0.261. The fraction of sp³-hybridized carbons (Fsp3) is 0.235. The molecule has 0 aliphatic carbocycles. The maximum absolute atomic E-state index is 13.5. The Kier molecular flexibility index (Phi) is 5.91. The Morgan fingerprint density at radius 1 is 1.17 bits per heavy atom. The van der Waals surface area contributed by atoms with Gasteiger partial charge in [0.1, 0.15) is 17.4 Å². The standard InChI is InChI=1S/C17H18F2N2O2/c1-2-23-16-11-13(18)7-8-15(16)21-17(22)20-10-9-12-5-3-4-6-14(12)19/h3-8,11H,2,9-10H2,1H3,(H2,20,21,22). The molecule has 0 saturated heterocycles. The zero-order chi connectivity index (χ0) is 16.7. The SMILES string of the molecule is CCOc1cc(F)ccc1NC(=O)NCCc1ccccc1F. The van der Waals surface area contributed by atoms with Crippen LogP contribution < -0.4 is 15.4 Å². The Morgan fingerprint density at radius 3 is 2.70 bits per heavy atom. The first-order chi connectivity index (χ1) is 11.1. The maximum atomic E-state index is 13.5. The minimum atomic E-state index is -0.464. The molecule has 0 heterocycles. The number of carbonyl (C=O) groups excluding carboxylic acids is 1. The van der Waals surface area contributed by atoms with Gasteiger partial charge in [0.15, 0.2) is 0 Å². The van der Waals surface area contributed by atoms with Crippen molar-refractivity contribution in [2.45, 2.75) is 13.3 Å². The van der Waals surface area contributed by atoms with Crippen LogP contribution in [0.5, 0.6) is 5.75 Å². The molecule has 0 saturated carbocycles. The van der Waals surface area contributed by atoms with Crippen molar-refractivity contribution in [1.29, 1.82) is 0 Å². The van der Waals surface area contributed by atoms with Gasteiger partial charge in [0, 0.05) is 12.6 Å². The van der Waals surface area contributed by atoms with Gasteiger partial charge in [0.25, 0.3) is 0 Å². The zero-order valence-electron chi connectivity index (χ0n) is 12.7. The number of hydrogen-bond acceptors (Lipinski definition) is 2. The van der Waals surface area contributed by atoms with Crippen LogP contribution in [-0.4, -0.2) is 19.2 Å². The van der Waals surface area contributed by atoms with Crippen LogP contribution in [0.2, 0.25) is 0 Å². The Labute approximate surface area is 133 Å². The number of amides is 2. The topological polar surface area (TPSA) is 50.4 Å². The van der Waals surface area contributed by atoms with Gasteiger partial charge in [-0.05, 0) is 37.1 Å². The molecule has 2 rings (SSSR count). The van der Waals surface area contributed by atoms with Crippen molar-refractivity contribution in [2.24, 2.45) is 0 Å². The van der Waals surface area contributed by atoms with E-state index >= 15 is 0 Å². The van der Waals surface area contributed by atoms with Crippen LogP contribution in [-0.2, 0) is 6.42 Å². The summed E-state index contributed by atoms with van der Waals surface area (Å²) in [7, 11) is 0. The van der Waals surface area contributed by atoms with E-state index in [2.05, 4.69) is 10.6 Å². The summed E-state index contributed by atoms with van der Waals surface area (Å²) in [6.45, 7) is 2.40. The smallest absolute Gasteiger partial charge is 0.319 e. The highest BCUT2D eigenvalue weighted by molar-refractivity contribution is 5.90. The lowest BCUT2D eigenvalue weighted by atomic mass is 10.1. The van der Waals surface area contributed by atoms with E-state index in [1.807, 2.05) is 0 Å². The third kappa shape index (κ3) is 4.95. The van der Waals surface area contributed by atoms with Crippen LogP contribution in [0.25, 0.3) is 0 Å². The molecule has 0 aliphatic heterocycles. The average Bonchev–Trinajstić information content (AvgIpc) is 2.52. The molecule has 122 valence electrons. The molecule has 0 aromatic heterocycles. The summed E-state index contributed by atoms with van der Waals surface area (Å²) in [5.74, 6) is -0.484. The molecule has 2 N–H and O–H groups in total. The number of benzene rings is 2. The summed E-state index contributed by atoms with van der Waals surface area (Å²) in [6.07, 6.45) is 0.377. The number of urea groups is 1. The van der Waals surface area contributed by atoms with Crippen molar-refractivity contribution in [2.75, 3.05) is 18.5 Å². The van der Waals surface area contributed by atoms with Gasteiger partial charge < -0.3 is 15.4 Å². The largest absolute Gasteiger partial charge is 0.492 e. The normalized spacial score (nSPS) is 10.2. The highest BCUT2D eigenvalue weighted by Crippen LogP contribution is 2.25. The number of ether oxygens (including phenoxy) is 1. The van der Waals surface area contributed by atoms with Crippen LogP contribution >= 0.6 is 0 Å². The van der Waals surface area contributed by atoms with E-state index < -0.39 is 11.8 Å². The number of anilines is 1. The Morgan fingerprint density at radius 2 is 1.96 bits per heavy atom. The van der Waals surface area contributed by atoms with E-state index in [-0.39, 0.29) is 18.1 Å². The molecule has 0 unspecified atom stereocenters. The van der Waals surface area contributed by atoms with Gasteiger partial charge in [-0.2, -0.15) is 0 Å². The highest BCUT2D eigenvalue weighted by Gasteiger charge is 2.09. The number of rotatable bonds is 6. The molecule has 23 heavy (non-hydrogen) atoms. The van der Waals surface area contributed by atoms with Crippen LogP contribution in [0.4, 0.5) is 19.3 Å². The molecule has 0 aliphatic rings. The summed E-state index contributed by atoms with van der Waals surface area (Å²) in [4.78, 5) is 11.9. The molecule has 0 spiro atoms. The quantitative estimate of drug-likeness (QED) is 0.852. The highest BCUT2D eigenvalue weighted by atomic mass is 19.1. The first kappa shape index (κ1) is 16.7. The summed E-state index contributed by atoms with van der Waals surface area (Å²) in [5.41, 5.74) is 0.904. The van der Waals surface area contributed by atoms with Crippen LogP contribution in [0.3, 0.4) is 0 Å². The lowest BCUT2D eigenvalue weighted by Crippen LogP contribution is -2.30. The Balaban J connectivity index is 1.89. The third-order valence-corrected chi connectivity index (χ3v) is 3.13. The van der Waals surface area contributed by atoms with Gasteiger partial charge in [0.05, 0.1) is 12.3 Å². The minimum Gasteiger partial charge on any atom is -0.492 e. The molecule has 0 bridgehead atoms. The van der Waals surface area contributed by atoms with Gasteiger partial charge in [-0.3, -0.25) is 0 Å². The summed E-state index contributed by atoms with van der Waals surface area (Å²) in [6, 6.07) is 9.81. The van der Waals surface area contributed by atoms with Crippen molar-refractivity contribution in [3.63, 3.8) is 0 Å². The Hall–Kier alpha value is -2.63. The van der Waals surface area contributed by atoms with E-state index in [0.717, 1.165) is 0 Å². The predicted molar refractivity (Wildman–Crippen MR) is 84.7 cm³/mol. The van der Waals surface area contributed by atoms with Crippen molar-refractivity contribution in [3.8, 4) is 5.75 Å². The van der Waals surface area contributed by atoms with Crippen molar-refractivity contribution in [1.82, 2.24) is 5.32 Å². The summed E-state index contributed by atoms with van der Waals surface area (Å²) < 4.78 is 31.9. The van der Waals surface area contributed by atoms with E-state index in [0.29, 0.717) is 24.3 Å².